The van der Waals surface area contributed by atoms with Crippen LogP contribution in [0.2, 0.25) is 0 Å². The maximum Gasteiger partial charge on any atom is 0.233 e. The Morgan fingerprint density at radius 2 is 2.26 bits per heavy atom. The Balaban J connectivity index is 2.85. The van der Waals surface area contributed by atoms with Crippen molar-refractivity contribution in [3.63, 3.8) is 0 Å². The van der Waals surface area contributed by atoms with E-state index in [2.05, 4.69) is 5.16 Å². The van der Waals surface area contributed by atoms with E-state index >= 15 is 0 Å². The summed E-state index contributed by atoms with van der Waals surface area (Å²) in [6.45, 7) is 6.11. The molecule has 110 valence electrons. The molecule has 0 aliphatic carbocycles. The maximum atomic E-state index is 12.4. The van der Waals surface area contributed by atoms with E-state index in [4.69, 9.17) is 15.7 Å². The van der Waals surface area contributed by atoms with E-state index in [-0.39, 0.29) is 18.3 Å². The number of rotatable bonds is 4. The van der Waals surface area contributed by atoms with Gasteiger partial charge >= 0.3 is 0 Å². The number of morpholine rings is 1. The van der Waals surface area contributed by atoms with Crippen LogP contribution in [-0.4, -0.2) is 58.4 Å². The summed E-state index contributed by atoms with van der Waals surface area (Å²) in [6.07, 6.45) is 0.0496. The Labute approximate surface area is 113 Å². The fourth-order valence-corrected chi connectivity index (χ4v) is 2.36. The third-order valence-corrected chi connectivity index (χ3v) is 3.18. The molecule has 2 atom stereocenters. The van der Waals surface area contributed by atoms with Gasteiger partial charge < -0.3 is 25.7 Å². The molecular formula is C12H23N3O4. The maximum absolute atomic E-state index is 12.4. The second kappa shape index (κ2) is 6.21. The summed E-state index contributed by atoms with van der Waals surface area (Å²) in [5.41, 5.74) is 5.02. The van der Waals surface area contributed by atoms with Gasteiger partial charge in [0.2, 0.25) is 5.91 Å². The van der Waals surface area contributed by atoms with Crippen LogP contribution in [-0.2, 0) is 9.53 Å². The van der Waals surface area contributed by atoms with Crippen molar-refractivity contribution in [3.8, 4) is 0 Å². The van der Waals surface area contributed by atoms with Gasteiger partial charge in [-0.1, -0.05) is 12.1 Å². The number of carbonyl (C=O) groups excluding carboxylic acids is 1. The topological polar surface area (TPSA) is 108 Å². The molecule has 0 saturated carbocycles. The highest BCUT2D eigenvalue weighted by atomic mass is 16.5. The van der Waals surface area contributed by atoms with Crippen molar-refractivity contribution in [2.45, 2.75) is 38.9 Å². The van der Waals surface area contributed by atoms with E-state index in [1.165, 1.54) is 0 Å². The lowest BCUT2D eigenvalue weighted by Crippen LogP contribution is -2.57. The number of oxime groups is 1. The van der Waals surface area contributed by atoms with Crippen LogP contribution in [0, 0.1) is 5.92 Å². The third-order valence-electron chi connectivity index (χ3n) is 3.18. The standard InChI is InChI=1S/C12H23N3O4/c1-4-9(10(13)14-18)11(17)15-5-8(6-16)19-12(2,3)7-15/h8-9,16,18H,4-7H2,1-3H3,(H2,13,14). The van der Waals surface area contributed by atoms with E-state index in [1.807, 2.05) is 13.8 Å². The van der Waals surface area contributed by atoms with Crippen molar-refractivity contribution in [3.05, 3.63) is 0 Å². The highest BCUT2D eigenvalue weighted by Crippen LogP contribution is 2.23. The van der Waals surface area contributed by atoms with Crippen LogP contribution in [0.15, 0.2) is 5.16 Å². The van der Waals surface area contributed by atoms with Gasteiger partial charge in [0.15, 0.2) is 5.84 Å². The van der Waals surface area contributed by atoms with Crippen LogP contribution in [0.4, 0.5) is 0 Å². The molecule has 2 unspecified atom stereocenters. The number of aliphatic hydroxyl groups is 1. The molecule has 1 fully saturated rings. The molecule has 19 heavy (non-hydrogen) atoms. The summed E-state index contributed by atoms with van der Waals surface area (Å²) in [6, 6.07) is 0. The molecule has 0 aromatic rings. The van der Waals surface area contributed by atoms with E-state index in [9.17, 15) is 9.90 Å². The Kier molecular flexibility index (Phi) is 5.13. The lowest BCUT2D eigenvalue weighted by molar-refractivity contribution is -0.168. The van der Waals surface area contributed by atoms with Crippen molar-refractivity contribution in [2.24, 2.45) is 16.8 Å². The number of hydrogen-bond donors (Lipinski definition) is 3. The first kappa shape index (κ1) is 15.7. The number of nitrogens with zero attached hydrogens (tertiary/aromatic N) is 2. The zero-order valence-corrected chi connectivity index (χ0v) is 11.7. The lowest BCUT2D eigenvalue weighted by Gasteiger charge is -2.43. The quantitative estimate of drug-likeness (QED) is 0.283. The first-order chi connectivity index (χ1) is 8.84. The molecule has 1 rings (SSSR count). The molecular weight excluding hydrogens is 250 g/mol. The van der Waals surface area contributed by atoms with Crippen molar-refractivity contribution in [1.29, 1.82) is 0 Å². The minimum absolute atomic E-state index is 0.0858. The number of amides is 1. The number of hydrogen-bond acceptors (Lipinski definition) is 5. The number of amidine groups is 1. The number of carbonyl (C=O) groups is 1. The fraction of sp³-hybridized carbons (Fsp3) is 0.833. The number of ether oxygens (including phenoxy) is 1. The van der Waals surface area contributed by atoms with Gasteiger partial charge in [0, 0.05) is 13.1 Å². The monoisotopic (exact) mass is 273 g/mol. The van der Waals surface area contributed by atoms with Crippen LogP contribution in [0.25, 0.3) is 0 Å². The summed E-state index contributed by atoms with van der Waals surface area (Å²) in [7, 11) is 0. The van der Waals surface area contributed by atoms with E-state index in [0.717, 1.165) is 0 Å². The molecule has 4 N–H and O–H groups in total. The zero-order valence-electron chi connectivity index (χ0n) is 11.7. The van der Waals surface area contributed by atoms with Gasteiger partial charge in [-0.15, -0.1) is 0 Å². The molecule has 7 nitrogen and oxygen atoms in total. The molecule has 1 aliphatic heterocycles. The van der Waals surface area contributed by atoms with Gasteiger partial charge in [0.05, 0.1) is 24.2 Å². The first-order valence-electron chi connectivity index (χ1n) is 6.39. The van der Waals surface area contributed by atoms with Gasteiger partial charge in [0.1, 0.15) is 0 Å². The molecule has 0 bridgehead atoms. The molecule has 1 amide bonds. The summed E-state index contributed by atoms with van der Waals surface area (Å²) in [5, 5.41) is 20.9. The second-order valence-electron chi connectivity index (χ2n) is 5.39. The molecule has 7 heteroatoms. The number of aliphatic hydroxyl groups excluding tert-OH is 1. The lowest BCUT2D eigenvalue weighted by atomic mass is 9.99. The second-order valence-corrected chi connectivity index (χ2v) is 5.39. The van der Waals surface area contributed by atoms with Crippen LogP contribution < -0.4 is 5.73 Å². The minimum atomic E-state index is -0.641. The van der Waals surface area contributed by atoms with Gasteiger partial charge in [-0.05, 0) is 20.3 Å². The third kappa shape index (κ3) is 3.81. The van der Waals surface area contributed by atoms with E-state index in [1.54, 1.807) is 11.8 Å². The molecule has 0 spiro atoms. The Morgan fingerprint density at radius 1 is 1.63 bits per heavy atom. The molecule has 0 aromatic heterocycles. The van der Waals surface area contributed by atoms with Gasteiger partial charge in [-0.25, -0.2) is 0 Å². The van der Waals surface area contributed by atoms with Crippen LogP contribution in [0.5, 0.6) is 0 Å². The van der Waals surface area contributed by atoms with Crippen molar-refractivity contribution >= 4 is 11.7 Å². The van der Waals surface area contributed by atoms with Crippen LogP contribution >= 0.6 is 0 Å². The normalized spacial score (nSPS) is 25.2. The average molecular weight is 273 g/mol. The van der Waals surface area contributed by atoms with Crippen LogP contribution in [0.1, 0.15) is 27.2 Å². The summed E-state index contributed by atoms with van der Waals surface area (Å²) in [5.74, 6) is -0.928. The summed E-state index contributed by atoms with van der Waals surface area (Å²) < 4.78 is 5.65. The Bertz CT molecular complexity index is 357. The SMILES string of the molecule is CCC(C(=O)N1CC(CO)OC(C)(C)C1)C(N)=NO. The van der Waals surface area contributed by atoms with Gasteiger partial charge in [0.25, 0.3) is 0 Å². The average Bonchev–Trinajstić information content (AvgIpc) is 2.37. The van der Waals surface area contributed by atoms with Crippen molar-refractivity contribution in [1.82, 2.24) is 4.90 Å². The van der Waals surface area contributed by atoms with Crippen molar-refractivity contribution < 1.29 is 19.8 Å². The largest absolute Gasteiger partial charge is 0.409 e. The first-order valence-corrected chi connectivity index (χ1v) is 6.39. The smallest absolute Gasteiger partial charge is 0.233 e. The highest BCUT2D eigenvalue weighted by molar-refractivity contribution is 6.02. The van der Waals surface area contributed by atoms with Gasteiger partial charge in [-0.3, -0.25) is 4.79 Å². The minimum Gasteiger partial charge on any atom is -0.409 e. The molecule has 1 heterocycles. The predicted octanol–water partition coefficient (Wildman–Crippen LogP) is -0.243. The highest BCUT2D eigenvalue weighted by Gasteiger charge is 2.38. The van der Waals surface area contributed by atoms with Crippen molar-refractivity contribution in [2.75, 3.05) is 19.7 Å². The molecule has 0 radical (unpaired) electrons. The predicted molar refractivity (Wildman–Crippen MR) is 69.8 cm³/mol. The molecule has 0 aromatic carbocycles. The fourth-order valence-electron chi connectivity index (χ4n) is 2.36. The van der Waals surface area contributed by atoms with Gasteiger partial charge in [-0.2, -0.15) is 0 Å². The summed E-state index contributed by atoms with van der Waals surface area (Å²) in [4.78, 5) is 14.0. The molecule has 1 aliphatic rings. The molecule has 1 saturated heterocycles. The summed E-state index contributed by atoms with van der Waals surface area (Å²) >= 11 is 0. The van der Waals surface area contributed by atoms with Crippen LogP contribution in [0.3, 0.4) is 0 Å². The van der Waals surface area contributed by atoms with E-state index in [0.29, 0.717) is 19.5 Å². The Hall–Kier alpha value is -1.34. The Morgan fingerprint density at radius 3 is 2.74 bits per heavy atom. The number of nitrogens with two attached hydrogens (primary N) is 1. The van der Waals surface area contributed by atoms with E-state index < -0.39 is 17.6 Å². The zero-order chi connectivity index (χ0) is 14.6.